The van der Waals surface area contributed by atoms with Gasteiger partial charge in [-0.15, -0.1) is 11.3 Å². The van der Waals surface area contributed by atoms with Gasteiger partial charge in [0.05, 0.1) is 17.0 Å². The molecule has 1 amide bonds. The number of nitrogens with one attached hydrogen (secondary N) is 1. The lowest BCUT2D eigenvalue weighted by atomic mass is 10.2. The van der Waals surface area contributed by atoms with E-state index in [1.165, 1.54) is 35.6 Å². The quantitative estimate of drug-likeness (QED) is 0.854. The predicted molar refractivity (Wildman–Crippen MR) is 77.3 cm³/mol. The number of hydrogen-bond acceptors (Lipinski definition) is 3. The number of halogens is 1. The number of benzene rings is 1. The molecule has 0 unspecified atom stereocenters. The normalized spacial score (nSPS) is 9.70. The van der Waals surface area contributed by atoms with Crippen LogP contribution in [0.25, 0.3) is 0 Å². The van der Waals surface area contributed by atoms with Gasteiger partial charge in [0.1, 0.15) is 5.82 Å². The summed E-state index contributed by atoms with van der Waals surface area (Å²) in [6, 6.07) is 7.26. The Balaban J connectivity index is 2.03. The largest absolute Gasteiger partial charge is 0.395 e. The summed E-state index contributed by atoms with van der Waals surface area (Å²) in [7, 11) is 0. The third-order valence-electron chi connectivity index (χ3n) is 2.41. The predicted octanol–water partition coefficient (Wildman–Crippen LogP) is 2.87. The van der Waals surface area contributed by atoms with Gasteiger partial charge in [0.25, 0.3) is 5.91 Å². The van der Waals surface area contributed by atoms with Crippen molar-refractivity contribution in [1.29, 1.82) is 0 Å². The maximum Gasteiger partial charge on any atom is 0.256 e. The highest BCUT2D eigenvalue weighted by Gasteiger charge is 2.08. The molecule has 2 N–H and O–H groups in total. The van der Waals surface area contributed by atoms with Crippen molar-refractivity contribution in [2.45, 2.75) is 6.42 Å². The number of hydrogen-bond donors (Lipinski definition) is 2. The van der Waals surface area contributed by atoms with Crippen LogP contribution in [0.4, 0.5) is 10.1 Å². The van der Waals surface area contributed by atoms with Gasteiger partial charge in [-0.1, -0.05) is 11.8 Å². The number of rotatable bonds is 3. The van der Waals surface area contributed by atoms with Gasteiger partial charge in [-0.2, -0.15) is 0 Å². The van der Waals surface area contributed by atoms with Gasteiger partial charge >= 0.3 is 0 Å². The number of amides is 1. The van der Waals surface area contributed by atoms with Crippen LogP contribution in [-0.4, -0.2) is 17.6 Å². The van der Waals surface area contributed by atoms with Crippen LogP contribution in [0, 0.1) is 17.7 Å². The van der Waals surface area contributed by atoms with Crippen LogP contribution in [0.1, 0.15) is 21.7 Å². The summed E-state index contributed by atoms with van der Waals surface area (Å²) in [5.41, 5.74) is 1.04. The Bertz CT molecular complexity index is 653. The van der Waals surface area contributed by atoms with Gasteiger partial charge in [0, 0.05) is 17.5 Å². The average molecular weight is 289 g/mol. The van der Waals surface area contributed by atoms with Crippen LogP contribution in [0.2, 0.25) is 0 Å². The summed E-state index contributed by atoms with van der Waals surface area (Å²) in [5, 5.41) is 13.0. The molecule has 0 atom stereocenters. The molecule has 0 bridgehead atoms. The zero-order chi connectivity index (χ0) is 14.4. The summed E-state index contributed by atoms with van der Waals surface area (Å²) in [4.78, 5) is 12.7. The van der Waals surface area contributed by atoms with Crippen LogP contribution in [0.3, 0.4) is 0 Å². The fourth-order valence-electron chi connectivity index (χ4n) is 1.46. The Morgan fingerprint density at radius 1 is 1.35 bits per heavy atom. The molecule has 0 fully saturated rings. The molecular formula is C15H12FNO2S. The first-order chi connectivity index (χ1) is 9.69. The van der Waals surface area contributed by atoms with Gasteiger partial charge in [0.15, 0.2) is 0 Å². The van der Waals surface area contributed by atoms with Gasteiger partial charge in [-0.05, 0) is 30.3 Å². The standard InChI is InChI=1S/C15H12FNO2S/c16-12-4-6-13(7-5-12)17-15(19)11-9-14(20-10-11)3-1-2-8-18/h4-7,9-10,18H,2,8H2,(H,17,19). The molecule has 2 aromatic rings. The van der Waals surface area contributed by atoms with Crippen molar-refractivity contribution >= 4 is 22.9 Å². The molecule has 3 nitrogen and oxygen atoms in total. The van der Waals surface area contributed by atoms with Crippen molar-refractivity contribution < 1.29 is 14.3 Å². The number of thiophene rings is 1. The van der Waals surface area contributed by atoms with Crippen LogP contribution in [0.15, 0.2) is 35.7 Å². The number of carbonyl (C=O) groups is 1. The molecule has 1 aromatic heterocycles. The summed E-state index contributed by atoms with van der Waals surface area (Å²) in [5.74, 6) is 5.06. The molecule has 0 saturated carbocycles. The fraction of sp³-hybridized carbons (Fsp3) is 0.133. The third kappa shape index (κ3) is 3.92. The van der Waals surface area contributed by atoms with E-state index in [9.17, 15) is 9.18 Å². The molecule has 1 heterocycles. The highest BCUT2D eigenvalue weighted by Crippen LogP contribution is 2.16. The SMILES string of the molecule is O=C(Nc1ccc(F)cc1)c1csc(C#CCCO)c1. The van der Waals surface area contributed by atoms with Crippen LogP contribution in [-0.2, 0) is 0 Å². The van der Waals surface area contributed by atoms with Crippen molar-refractivity contribution in [3.05, 3.63) is 52.0 Å². The smallest absolute Gasteiger partial charge is 0.256 e. The van der Waals surface area contributed by atoms with Crippen molar-refractivity contribution in [3.63, 3.8) is 0 Å². The van der Waals surface area contributed by atoms with Crippen molar-refractivity contribution in [1.82, 2.24) is 0 Å². The Kier molecular flexibility index (Phi) is 4.88. The highest BCUT2D eigenvalue weighted by atomic mass is 32.1. The van der Waals surface area contributed by atoms with E-state index < -0.39 is 0 Å². The molecule has 2 rings (SSSR count). The second kappa shape index (κ2) is 6.85. The highest BCUT2D eigenvalue weighted by molar-refractivity contribution is 7.10. The molecule has 0 aliphatic heterocycles. The minimum atomic E-state index is -0.347. The van der Waals surface area contributed by atoms with Gasteiger partial charge in [-0.25, -0.2) is 4.39 Å². The minimum absolute atomic E-state index is 0.0241. The molecule has 20 heavy (non-hydrogen) atoms. The average Bonchev–Trinajstić information content (AvgIpc) is 2.91. The Morgan fingerprint density at radius 2 is 2.10 bits per heavy atom. The molecular weight excluding hydrogens is 277 g/mol. The monoisotopic (exact) mass is 289 g/mol. The van der Waals surface area contributed by atoms with Crippen molar-refractivity contribution in [3.8, 4) is 11.8 Å². The van der Waals surface area contributed by atoms with E-state index in [-0.39, 0.29) is 18.3 Å². The van der Waals surface area contributed by atoms with Gasteiger partial charge < -0.3 is 10.4 Å². The lowest BCUT2D eigenvalue weighted by Gasteiger charge is -2.02. The van der Waals surface area contributed by atoms with E-state index >= 15 is 0 Å². The number of anilines is 1. The lowest BCUT2D eigenvalue weighted by molar-refractivity contribution is 0.102. The summed E-state index contributed by atoms with van der Waals surface area (Å²) < 4.78 is 12.8. The first kappa shape index (κ1) is 14.3. The Hall–Kier alpha value is -2.16. The first-order valence-electron chi connectivity index (χ1n) is 5.94. The van der Waals surface area contributed by atoms with E-state index in [4.69, 9.17) is 5.11 Å². The molecule has 0 aliphatic rings. The lowest BCUT2D eigenvalue weighted by Crippen LogP contribution is -2.10. The minimum Gasteiger partial charge on any atom is -0.395 e. The molecule has 0 saturated heterocycles. The topological polar surface area (TPSA) is 49.3 Å². The van der Waals surface area contributed by atoms with E-state index in [0.29, 0.717) is 17.7 Å². The molecule has 1 aromatic carbocycles. The second-order valence-electron chi connectivity index (χ2n) is 3.94. The van der Waals surface area contributed by atoms with Crippen LogP contribution < -0.4 is 5.32 Å². The fourth-order valence-corrected chi connectivity index (χ4v) is 2.22. The Morgan fingerprint density at radius 3 is 2.80 bits per heavy atom. The summed E-state index contributed by atoms with van der Waals surface area (Å²) in [6.45, 7) is 0.0241. The second-order valence-corrected chi connectivity index (χ2v) is 4.85. The van der Waals surface area contributed by atoms with Gasteiger partial charge in [0.2, 0.25) is 0 Å². The third-order valence-corrected chi connectivity index (χ3v) is 3.26. The van der Waals surface area contributed by atoms with Crippen LogP contribution >= 0.6 is 11.3 Å². The van der Waals surface area contributed by atoms with Crippen LogP contribution in [0.5, 0.6) is 0 Å². The van der Waals surface area contributed by atoms with Crippen molar-refractivity contribution in [2.75, 3.05) is 11.9 Å². The van der Waals surface area contributed by atoms with E-state index in [2.05, 4.69) is 17.2 Å². The van der Waals surface area contributed by atoms with E-state index in [1.807, 2.05) is 0 Å². The van der Waals surface area contributed by atoms with Gasteiger partial charge in [-0.3, -0.25) is 4.79 Å². The molecule has 0 spiro atoms. The van der Waals surface area contributed by atoms with E-state index in [0.717, 1.165) is 4.88 Å². The molecule has 0 aliphatic carbocycles. The molecule has 5 heteroatoms. The van der Waals surface area contributed by atoms with Crippen molar-refractivity contribution in [2.24, 2.45) is 0 Å². The maximum absolute atomic E-state index is 12.8. The summed E-state index contributed by atoms with van der Waals surface area (Å²) >= 11 is 1.37. The number of aliphatic hydroxyl groups is 1. The number of aliphatic hydroxyl groups excluding tert-OH is 1. The molecule has 0 radical (unpaired) electrons. The van der Waals surface area contributed by atoms with E-state index in [1.54, 1.807) is 11.4 Å². The first-order valence-corrected chi connectivity index (χ1v) is 6.82. The Labute approximate surface area is 120 Å². The molecule has 102 valence electrons. The zero-order valence-corrected chi connectivity index (χ0v) is 11.3. The zero-order valence-electron chi connectivity index (χ0n) is 10.5. The maximum atomic E-state index is 12.8. The number of carbonyl (C=O) groups excluding carboxylic acids is 1. The summed E-state index contributed by atoms with van der Waals surface area (Å²) in [6.07, 6.45) is 0.412.